The van der Waals surface area contributed by atoms with Gasteiger partial charge in [-0.25, -0.2) is 0 Å². The molecule has 2 aromatic carbocycles. The van der Waals surface area contributed by atoms with Gasteiger partial charge in [-0.2, -0.15) is 0 Å². The van der Waals surface area contributed by atoms with Crippen LogP contribution in [0, 0.1) is 0 Å². The van der Waals surface area contributed by atoms with Crippen LogP contribution in [0.25, 0.3) is 0 Å². The van der Waals surface area contributed by atoms with Gasteiger partial charge in [0.1, 0.15) is 0 Å². The third-order valence-corrected chi connectivity index (χ3v) is 3.73. The van der Waals surface area contributed by atoms with Crippen molar-refractivity contribution in [2.24, 2.45) is 5.73 Å². The summed E-state index contributed by atoms with van der Waals surface area (Å²) in [6.07, 6.45) is 8.39. The van der Waals surface area contributed by atoms with Gasteiger partial charge in [0.05, 0.1) is 5.54 Å². The van der Waals surface area contributed by atoms with Crippen LogP contribution in [-0.2, 0) is 5.54 Å². The molecule has 94 valence electrons. The van der Waals surface area contributed by atoms with E-state index in [0.717, 1.165) is 5.56 Å². The summed E-state index contributed by atoms with van der Waals surface area (Å²) in [5.41, 5.74) is 8.63. The zero-order valence-corrected chi connectivity index (χ0v) is 10.7. The van der Waals surface area contributed by atoms with Crippen LogP contribution in [0.2, 0.25) is 0 Å². The van der Waals surface area contributed by atoms with E-state index >= 15 is 0 Å². The predicted octanol–water partition coefficient (Wildman–Crippen LogP) is 3.75. The minimum Gasteiger partial charge on any atom is -0.317 e. The molecule has 0 aliphatic heterocycles. The average molecular weight is 247 g/mol. The maximum atomic E-state index is 6.72. The molecule has 2 aromatic rings. The molecule has 3 rings (SSSR count). The first-order chi connectivity index (χ1) is 9.31. The number of nitrogens with two attached hydrogens (primary N) is 1. The highest BCUT2D eigenvalue weighted by molar-refractivity contribution is 5.43. The summed E-state index contributed by atoms with van der Waals surface area (Å²) in [4.78, 5) is 0. The largest absolute Gasteiger partial charge is 0.317 e. The maximum Gasteiger partial charge on any atom is 0.0703 e. The van der Waals surface area contributed by atoms with Crippen molar-refractivity contribution in [2.45, 2.75) is 11.5 Å². The lowest BCUT2D eigenvalue weighted by molar-refractivity contribution is 0.496. The number of hydrogen-bond donors (Lipinski definition) is 1. The van der Waals surface area contributed by atoms with Crippen LogP contribution >= 0.6 is 0 Å². The summed E-state index contributed by atoms with van der Waals surface area (Å²) >= 11 is 0. The minimum absolute atomic E-state index is 0.168. The first-order valence-corrected chi connectivity index (χ1v) is 6.56. The standard InChI is InChI=1S/C18H17N/c19-18(16-11-5-2-6-12-16)14-8-7-13-17(18)15-9-3-1-4-10-15/h1-14,17H,19H2. The normalized spacial score (nSPS) is 25.4. The van der Waals surface area contributed by atoms with E-state index < -0.39 is 5.54 Å². The van der Waals surface area contributed by atoms with Crippen molar-refractivity contribution >= 4 is 0 Å². The van der Waals surface area contributed by atoms with Gasteiger partial charge in [-0.3, -0.25) is 0 Å². The van der Waals surface area contributed by atoms with Gasteiger partial charge in [0.15, 0.2) is 0 Å². The molecule has 0 radical (unpaired) electrons. The lowest BCUT2D eigenvalue weighted by atomic mass is 9.73. The van der Waals surface area contributed by atoms with Gasteiger partial charge in [0.25, 0.3) is 0 Å². The Morgan fingerprint density at radius 2 is 1.42 bits per heavy atom. The Morgan fingerprint density at radius 1 is 0.789 bits per heavy atom. The Labute approximate surface area is 114 Å². The van der Waals surface area contributed by atoms with E-state index in [9.17, 15) is 0 Å². The van der Waals surface area contributed by atoms with Crippen LogP contribution in [0.1, 0.15) is 17.0 Å². The Morgan fingerprint density at radius 3 is 2.11 bits per heavy atom. The Bertz CT molecular complexity index is 598. The molecular weight excluding hydrogens is 230 g/mol. The summed E-state index contributed by atoms with van der Waals surface area (Å²) in [6, 6.07) is 20.7. The number of allylic oxidation sites excluding steroid dienone is 2. The highest BCUT2D eigenvalue weighted by Gasteiger charge is 2.34. The lowest BCUT2D eigenvalue weighted by Gasteiger charge is -2.36. The topological polar surface area (TPSA) is 26.0 Å². The van der Waals surface area contributed by atoms with Crippen LogP contribution in [0.3, 0.4) is 0 Å². The van der Waals surface area contributed by atoms with Crippen LogP contribution in [-0.4, -0.2) is 0 Å². The van der Waals surface area contributed by atoms with Crippen molar-refractivity contribution in [1.29, 1.82) is 0 Å². The SMILES string of the molecule is NC1(c2ccccc2)C=CC=CC1c1ccccc1. The Hall–Kier alpha value is -2.12. The molecule has 2 N–H and O–H groups in total. The van der Waals surface area contributed by atoms with Crippen molar-refractivity contribution in [3.63, 3.8) is 0 Å². The molecule has 0 aromatic heterocycles. The molecule has 2 unspecified atom stereocenters. The van der Waals surface area contributed by atoms with Gasteiger partial charge >= 0.3 is 0 Å². The van der Waals surface area contributed by atoms with Crippen molar-refractivity contribution in [3.05, 3.63) is 96.1 Å². The maximum absolute atomic E-state index is 6.72. The van der Waals surface area contributed by atoms with E-state index in [2.05, 4.69) is 54.6 Å². The van der Waals surface area contributed by atoms with E-state index in [0.29, 0.717) is 0 Å². The monoisotopic (exact) mass is 247 g/mol. The molecule has 0 bridgehead atoms. The second-order valence-electron chi connectivity index (χ2n) is 4.93. The Kier molecular flexibility index (Phi) is 3.06. The van der Waals surface area contributed by atoms with Crippen LogP contribution in [0.5, 0.6) is 0 Å². The molecule has 1 aliphatic carbocycles. The molecule has 2 atom stereocenters. The van der Waals surface area contributed by atoms with Crippen LogP contribution in [0.15, 0.2) is 85.0 Å². The molecule has 19 heavy (non-hydrogen) atoms. The summed E-state index contributed by atoms with van der Waals surface area (Å²) in [7, 11) is 0. The smallest absolute Gasteiger partial charge is 0.0703 e. The fraction of sp³-hybridized carbons (Fsp3) is 0.111. The average Bonchev–Trinajstić information content (AvgIpc) is 2.49. The lowest BCUT2D eigenvalue weighted by Crippen LogP contribution is -2.41. The van der Waals surface area contributed by atoms with E-state index in [-0.39, 0.29) is 5.92 Å². The molecule has 0 amide bonds. The van der Waals surface area contributed by atoms with Crippen molar-refractivity contribution in [2.75, 3.05) is 0 Å². The molecule has 0 fully saturated rings. The van der Waals surface area contributed by atoms with Crippen molar-refractivity contribution in [3.8, 4) is 0 Å². The number of benzene rings is 2. The molecule has 0 saturated heterocycles. The first-order valence-electron chi connectivity index (χ1n) is 6.56. The molecular formula is C18H17N. The van der Waals surface area contributed by atoms with Crippen LogP contribution in [0.4, 0.5) is 0 Å². The van der Waals surface area contributed by atoms with Gasteiger partial charge < -0.3 is 5.73 Å². The fourth-order valence-electron chi connectivity index (χ4n) is 2.70. The van der Waals surface area contributed by atoms with Crippen molar-refractivity contribution in [1.82, 2.24) is 0 Å². The fourth-order valence-corrected chi connectivity index (χ4v) is 2.70. The molecule has 1 heteroatoms. The number of hydrogen-bond acceptors (Lipinski definition) is 1. The summed E-state index contributed by atoms with van der Waals surface area (Å²) in [5, 5.41) is 0. The van der Waals surface area contributed by atoms with Crippen LogP contribution < -0.4 is 5.73 Å². The second kappa shape index (κ2) is 4.87. The molecule has 1 aliphatic rings. The van der Waals surface area contributed by atoms with E-state index in [1.165, 1.54) is 5.56 Å². The second-order valence-corrected chi connectivity index (χ2v) is 4.93. The van der Waals surface area contributed by atoms with E-state index in [4.69, 9.17) is 5.73 Å². The summed E-state index contributed by atoms with van der Waals surface area (Å²) < 4.78 is 0. The molecule has 0 spiro atoms. The summed E-state index contributed by atoms with van der Waals surface area (Å²) in [5.74, 6) is 0.168. The Balaban J connectivity index is 2.08. The molecule has 1 nitrogen and oxygen atoms in total. The van der Waals surface area contributed by atoms with Gasteiger partial charge in [0.2, 0.25) is 0 Å². The molecule has 0 saturated carbocycles. The quantitative estimate of drug-likeness (QED) is 0.859. The van der Waals surface area contributed by atoms with Gasteiger partial charge in [-0.15, -0.1) is 0 Å². The third-order valence-electron chi connectivity index (χ3n) is 3.73. The minimum atomic E-state index is -0.475. The predicted molar refractivity (Wildman–Crippen MR) is 79.8 cm³/mol. The zero-order chi connectivity index (χ0) is 13.1. The highest BCUT2D eigenvalue weighted by Crippen LogP contribution is 2.39. The molecule has 0 heterocycles. The van der Waals surface area contributed by atoms with Crippen molar-refractivity contribution < 1.29 is 0 Å². The summed E-state index contributed by atoms with van der Waals surface area (Å²) in [6.45, 7) is 0. The number of rotatable bonds is 2. The van der Waals surface area contributed by atoms with Gasteiger partial charge in [0, 0.05) is 5.92 Å². The highest BCUT2D eigenvalue weighted by atomic mass is 14.8. The first kappa shape index (κ1) is 11.9. The third kappa shape index (κ3) is 2.13. The zero-order valence-electron chi connectivity index (χ0n) is 10.7. The van der Waals surface area contributed by atoms with E-state index in [1.54, 1.807) is 0 Å². The van der Waals surface area contributed by atoms with E-state index in [1.807, 2.05) is 30.3 Å². The van der Waals surface area contributed by atoms with Gasteiger partial charge in [-0.1, -0.05) is 85.0 Å². The van der Waals surface area contributed by atoms with Gasteiger partial charge in [-0.05, 0) is 11.1 Å².